The third kappa shape index (κ3) is 5.69. The summed E-state index contributed by atoms with van der Waals surface area (Å²) in [6.45, 7) is 9.95. The second-order valence-electron chi connectivity index (χ2n) is 2.34. The molecule has 0 rings (SSSR count). The molecule has 0 heterocycles. The van der Waals surface area contributed by atoms with Crippen molar-refractivity contribution in [2.45, 2.75) is 33.7 Å². The van der Waals surface area contributed by atoms with E-state index in [1.54, 1.807) is 0 Å². The Bertz CT molecular complexity index is 96.5. The third-order valence-corrected chi connectivity index (χ3v) is 4.58. The van der Waals surface area contributed by atoms with Gasteiger partial charge in [0, 0.05) is 25.9 Å². The minimum absolute atomic E-state index is 0. The Morgan fingerprint density at radius 3 is 1.23 bits per heavy atom. The minimum Gasteiger partial charge on any atom is -0.374 e. The SMILES string of the molecule is CCO[Si](CC)(OCC)OCC.S. The van der Waals surface area contributed by atoms with Crippen LogP contribution in [0.15, 0.2) is 0 Å². The van der Waals surface area contributed by atoms with E-state index in [2.05, 4.69) is 0 Å². The lowest BCUT2D eigenvalue weighted by Crippen LogP contribution is -2.45. The highest BCUT2D eigenvalue weighted by molar-refractivity contribution is 7.59. The number of rotatable bonds is 7. The summed E-state index contributed by atoms with van der Waals surface area (Å²) in [5.41, 5.74) is 0. The Morgan fingerprint density at radius 1 is 0.769 bits per heavy atom. The molecule has 0 N–H and O–H groups in total. The van der Waals surface area contributed by atoms with Gasteiger partial charge in [0.25, 0.3) is 0 Å². The van der Waals surface area contributed by atoms with Crippen molar-refractivity contribution in [2.75, 3.05) is 19.8 Å². The average Bonchev–Trinajstić information content (AvgIpc) is 2.06. The average molecular weight is 226 g/mol. The molecule has 0 spiro atoms. The van der Waals surface area contributed by atoms with Gasteiger partial charge in [-0.25, -0.2) is 0 Å². The fourth-order valence-electron chi connectivity index (χ4n) is 1.09. The summed E-state index contributed by atoms with van der Waals surface area (Å²) < 4.78 is 16.7. The van der Waals surface area contributed by atoms with Crippen LogP contribution in [0.4, 0.5) is 0 Å². The molecule has 3 nitrogen and oxygen atoms in total. The van der Waals surface area contributed by atoms with E-state index in [0.717, 1.165) is 6.04 Å². The standard InChI is InChI=1S/C8H20O3Si.H2S/c1-5-9-12(8-4,10-6-2)11-7-3;/h5-8H2,1-4H3;1H2. The Hall–Kier alpha value is 0.447. The second-order valence-corrected chi connectivity index (χ2v) is 5.27. The van der Waals surface area contributed by atoms with E-state index in [-0.39, 0.29) is 13.5 Å². The first-order valence-electron chi connectivity index (χ1n) is 4.66. The van der Waals surface area contributed by atoms with Crippen molar-refractivity contribution in [1.29, 1.82) is 0 Å². The molecule has 0 amide bonds. The van der Waals surface area contributed by atoms with Crippen molar-refractivity contribution in [3.8, 4) is 0 Å². The van der Waals surface area contributed by atoms with Crippen molar-refractivity contribution in [3.05, 3.63) is 0 Å². The molecule has 0 aliphatic heterocycles. The van der Waals surface area contributed by atoms with Crippen LogP contribution < -0.4 is 0 Å². The fraction of sp³-hybridized carbons (Fsp3) is 1.00. The highest BCUT2D eigenvalue weighted by atomic mass is 32.1. The van der Waals surface area contributed by atoms with Crippen molar-refractivity contribution in [2.24, 2.45) is 0 Å². The van der Waals surface area contributed by atoms with Gasteiger partial charge in [-0.05, 0) is 20.8 Å². The molecule has 0 aliphatic rings. The Balaban J connectivity index is 0. The molecule has 0 unspecified atom stereocenters. The maximum Gasteiger partial charge on any atom is 0.500 e. The quantitative estimate of drug-likeness (QED) is 0.623. The van der Waals surface area contributed by atoms with Crippen molar-refractivity contribution in [3.63, 3.8) is 0 Å². The van der Waals surface area contributed by atoms with Crippen LogP contribution in [-0.2, 0) is 13.3 Å². The molecule has 0 saturated heterocycles. The first-order chi connectivity index (χ1) is 5.74. The van der Waals surface area contributed by atoms with E-state index in [1.807, 2.05) is 27.7 Å². The van der Waals surface area contributed by atoms with E-state index >= 15 is 0 Å². The van der Waals surface area contributed by atoms with Crippen LogP contribution >= 0.6 is 13.5 Å². The number of hydrogen-bond acceptors (Lipinski definition) is 3. The summed E-state index contributed by atoms with van der Waals surface area (Å²) in [6.07, 6.45) is 0. The molecule has 0 aromatic carbocycles. The normalized spacial score (nSPS) is 11.1. The van der Waals surface area contributed by atoms with Crippen molar-refractivity contribution < 1.29 is 13.3 Å². The molecular formula is C8H22O3SSi. The van der Waals surface area contributed by atoms with Gasteiger partial charge >= 0.3 is 8.80 Å². The van der Waals surface area contributed by atoms with Crippen LogP contribution in [0.2, 0.25) is 6.04 Å². The summed E-state index contributed by atoms with van der Waals surface area (Å²) in [5.74, 6) is 0. The zero-order chi connectivity index (χ0) is 9.45. The second kappa shape index (κ2) is 9.02. The van der Waals surface area contributed by atoms with Crippen LogP contribution in [0.3, 0.4) is 0 Å². The molecule has 0 aliphatic carbocycles. The van der Waals surface area contributed by atoms with Gasteiger partial charge < -0.3 is 13.3 Å². The molecule has 0 aromatic heterocycles. The minimum atomic E-state index is -2.27. The molecule has 0 aromatic rings. The van der Waals surface area contributed by atoms with E-state index < -0.39 is 8.80 Å². The molecule has 5 heteroatoms. The number of hydrogen-bond donors (Lipinski definition) is 0. The van der Waals surface area contributed by atoms with Crippen molar-refractivity contribution in [1.82, 2.24) is 0 Å². The zero-order valence-electron chi connectivity index (χ0n) is 9.05. The molecule has 82 valence electrons. The molecule has 0 bridgehead atoms. The van der Waals surface area contributed by atoms with Crippen LogP contribution in [0.25, 0.3) is 0 Å². The maximum atomic E-state index is 5.55. The molecule has 13 heavy (non-hydrogen) atoms. The topological polar surface area (TPSA) is 27.7 Å². The first kappa shape index (κ1) is 15.9. The molecular weight excluding hydrogens is 204 g/mol. The molecule has 0 atom stereocenters. The van der Waals surface area contributed by atoms with Gasteiger partial charge in [0.1, 0.15) is 0 Å². The van der Waals surface area contributed by atoms with Crippen molar-refractivity contribution >= 4 is 22.3 Å². The highest BCUT2D eigenvalue weighted by Gasteiger charge is 2.37. The van der Waals surface area contributed by atoms with Gasteiger partial charge in [-0.1, -0.05) is 6.92 Å². The largest absolute Gasteiger partial charge is 0.500 e. The zero-order valence-corrected chi connectivity index (χ0v) is 11.1. The smallest absolute Gasteiger partial charge is 0.374 e. The van der Waals surface area contributed by atoms with E-state index in [9.17, 15) is 0 Å². The van der Waals surface area contributed by atoms with Crippen LogP contribution in [0, 0.1) is 0 Å². The lowest BCUT2D eigenvalue weighted by Gasteiger charge is -2.26. The van der Waals surface area contributed by atoms with Gasteiger partial charge in [0.2, 0.25) is 0 Å². The van der Waals surface area contributed by atoms with Crippen LogP contribution in [0.1, 0.15) is 27.7 Å². The Morgan fingerprint density at radius 2 is 1.08 bits per heavy atom. The van der Waals surface area contributed by atoms with E-state index in [1.165, 1.54) is 0 Å². The monoisotopic (exact) mass is 226 g/mol. The van der Waals surface area contributed by atoms with E-state index in [0.29, 0.717) is 19.8 Å². The first-order valence-corrected chi connectivity index (χ1v) is 6.59. The predicted molar refractivity (Wildman–Crippen MR) is 61.5 cm³/mol. The fourth-order valence-corrected chi connectivity index (χ4v) is 3.27. The summed E-state index contributed by atoms with van der Waals surface area (Å²) in [5, 5.41) is 0. The maximum absolute atomic E-state index is 5.55. The lowest BCUT2D eigenvalue weighted by molar-refractivity contribution is 0.0725. The Labute approximate surface area is 89.6 Å². The van der Waals surface area contributed by atoms with Gasteiger partial charge in [-0.15, -0.1) is 0 Å². The summed E-state index contributed by atoms with van der Waals surface area (Å²) in [6, 6.07) is 0.850. The van der Waals surface area contributed by atoms with Gasteiger partial charge in [-0.3, -0.25) is 0 Å². The summed E-state index contributed by atoms with van der Waals surface area (Å²) in [4.78, 5) is 0. The summed E-state index contributed by atoms with van der Waals surface area (Å²) >= 11 is 0. The van der Waals surface area contributed by atoms with E-state index in [4.69, 9.17) is 13.3 Å². The summed E-state index contributed by atoms with van der Waals surface area (Å²) in [7, 11) is -2.27. The van der Waals surface area contributed by atoms with Gasteiger partial charge in [0.05, 0.1) is 0 Å². The highest BCUT2D eigenvalue weighted by Crippen LogP contribution is 2.14. The van der Waals surface area contributed by atoms with Gasteiger partial charge in [0.15, 0.2) is 0 Å². The molecule has 0 saturated carbocycles. The lowest BCUT2D eigenvalue weighted by atomic mass is 10.9. The third-order valence-electron chi connectivity index (χ3n) is 1.53. The Kier molecular flexibility index (Phi) is 11.0. The molecule has 0 fully saturated rings. The van der Waals surface area contributed by atoms with Crippen LogP contribution in [0.5, 0.6) is 0 Å². The molecule has 0 radical (unpaired) electrons. The predicted octanol–water partition coefficient (Wildman–Crippen LogP) is 2.17. The van der Waals surface area contributed by atoms with Crippen LogP contribution in [-0.4, -0.2) is 28.6 Å². The van der Waals surface area contributed by atoms with Gasteiger partial charge in [-0.2, -0.15) is 13.5 Å².